The van der Waals surface area contributed by atoms with Crippen LogP contribution in [0.4, 0.5) is 11.4 Å². The average Bonchev–Trinajstić information content (AvgIpc) is 3.31. The maximum Gasteiger partial charge on any atom is 0.253 e. The monoisotopic (exact) mass is 314 g/mol. The van der Waals surface area contributed by atoms with Gasteiger partial charge in [-0.05, 0) is 37.0 Å². The van der Waals surface area contributed by atoms with Gasteiger partial charge in [0.05, 0.1) is 18.0 Å². The van der Waals surface area contributed by atoms with Gasteiger partial charge in [-0.3, -0.25) is 9.48 Å². The van der Waals surface area contributed by atoms with E-state index in [4.69, 9.17) is 0 Å². The Balaban J connectivity index is 1.66. The molecule has 0 spiro atoms. The van der Waals surface area contributed by atoms with Crippen molar-refractivity contribution >= 4 is 17.3 Å². The number of aliphatic hydroxyl groups excluding tert-OH is 1. The van der Waals surface area contributed by atoms with Gasteiger partial charge in [0, 0.05) is 38.1 Å². The number of aryl methyl sites for hydroxylation is 1. The molecule has 1 aromatic carbocycles. The van der Waals surface area contributed by atoms with Crippen LogP contribution in [0.1, 0.15) is 23.2 Å². The lowest BCUT2D eigenvalue weighted by Gasteiger charge is -2.21. The first-order valence-corrected chi connectivity index (χ1v) is 7.82. The summed E-state index contributed by atoms with van der Waals surface area (Å²) >= 11 is 0. The van der Waals surface area contributed by atoms with Crippen LogP contribution in [-0.4, -0.2) is 45.4 Å². The van der Waals surface area contributed by atoms with Crippen molar-refractivity contribution in [3.63, 3.8) is 0 Å². The van der Waals surface area contributed by atoms with Crippen molar-refractivity contribution in [2.24, 2.45) is 13.0 Å². The lowest BCUT2D eigenvalue weighted by Crippen LogP contribution is -2.35. The molecule has 1 heterocycles. The van der Waals surface area contributed by atoms with E-state index >= 15 is 0 Å². The Bertz CT molecular complexity index is 693. The maximum atomic E-state index is 12.5. The van der Waals surface area contributed by atoms with Crippen molar-refractivity contribution in [2.75, 3.05) is 18.9 Å². The Kier molecular flexibility index (Phi) is 4.34. The topological polar surface area (TPSA) is 70.4 Å². The highest BCUT2D eigenvalue weighted by molar-refractivity contribution is 5.95. The number of carbonyl (C=O) groups excluding carboxylic acids is 1. The Morgan fingerprint density at radius 3 is 2.91 bits per heavy atom. The van der Waals surface area contributed by atoms with E-state index in [1.807, 2.05) is 31.4 Å². The van der Waals surface area contributed by atoms with Crippen LogP contribution >= 0.6 is 0 Å². The van der Waals surface area contributed by atoms with Gasteiger partial charge in [0.2, 0.25) is 0 Å². The predicted octanol–water partition coefficient (Wildman–Crippen LogP) is 2.01. The molecule has 0 radical (unpaired) electrons. The summed E-state index contributed by atoms with van der Waals surface area (Å²) < 4.78 is 1.71. The molecule has 1 aliphatic rings. The smallest absolute Gasteiger partial charge is 0.253 e. The second-order valence-electron chi connectivity index (χ2n) is 6.20. The highest BCUT2D eigenvalue weighted by Gasteiger charge is 2.31. The van der Waals surface area contributed by atoms with Gasteiger partial charge in [-0.2, -0.15) is 5.10 Å². The van der Waals surface area contributed by atoms with Gasteiger partial charge in [0.15, 0.2) is 0 Å². The summed E-state index contributed by atoms with van der Waals surface area (Å²) in [6, 6.07) is 7.35. The standard InChI is InChI=1S/C17H22N4O2/c1-20(11-16(22)12-6-7-12)17(23)13-4-3-5-14(8-13)19-15-9-18-21(2)10-15/h3-5,8-10,12,16,19,22H,6-7,11H2,1-2H3. The Labute approximate surface area is 135 Å². The molecule has 0 saturated heterocycles. The van der Waals surface area contributed by atoms with Gasteiger partial charge in [-0.1, -0.05) is 6.07 Å². The molecule has 122 valence electrons. The third-order valence-electron chi connectivity index (χ3n) is 4.08. The van der Waals surface area contributed by atoms with Gasteiger partial charge in [-0.15, -0.1) is 0 Å². The molecule has 1 unspecified atom stereocenters. The van der Waals surface area contributed by atoms with Gasteiger partial charge in [-0.25, -0.2) is 0 Å². The molecule has 23 heavy (non-hydrogen) atoms. The van der Waals surface area contributed by atoms with Crippen LogP contribution in [0.2, 0.25) is 0 Å². The average molecular weight is 314 g/mol. The normalized spacial score (nSPS) is 15.3. The molecule has 6 nitrogen and oxygen atoms in total. The molecule has 2 aromatic rings. The molecular formula is C17H22N4O2. The summed E-state index contributed by atoms with van der Waals surface area (Å²) in [5.74, 6) is 0.281. The maximum absolute atomic E-state index is 12.5. The van der Waals surface area contributed by atoms with Crippen molar-refractivity contribution < 1.29 is 9.90 Å². The molecule has 1 atom stereocenters. The van der Waals surface area contributed by atoms with E-state index in [2.05, 4.69) is 10.4 Å². The van der Waals surface area contributed by atoms with E-state index < -0.39 is 6.10 Å². The quantitative estimate of drug-likeness (QED) is 0.855. The summed E-state index contributed by atoms with van der Waals surface area (Å²) in [4.78, 5) is 14.1. The number of nitrogens with zero attached hydrogens (tertiary/aromatic N) is 3. The van der Waals surface area contributed by atoms with Crippen LogP contribution in [0.5, 0.6) is 0 Å². The van der Waals surface area contributed by atoms with Crippen LogP contribution in [0.15, 0.2) is 36.7 Å². The number of hydrogen-bond donors (Lipinski definition) is 2. The van der Waals surface area contributed by atoms with Crippen molar-refractivity contribution in [2.45, 2.75) is 18.9 Å². The van der Waals surface area contributed by atoms with Crippen LogP contribution in [0, 0.1) is 5.92 Å². The van der Waals surface area contributed by atoms with E-state index in [9.17, 15) is 9.90 Å². The first-order chi connectivity index (χ1) is 11.0. The highest BCUT2D eigenvalue weighted by Crippen LogP contribution is 2.32. The number of nitrogens with one attached hydrogen (secondary N) is 1. The number of likely N-dealkylation sites (N-methyl/N-ethyl adjacent to an activating group) is 1. The van der Waals surface area contributed by atoms with Gasteiger partial charge >= 0.3 is 0 Å². The second kappa shape index (κ2) is 6.42. The molecule has 0 aliphatic heterocycles. The first-order valence-electron chi connectivity index (χ1n) is 7.82. The fourth-order valence-electron chi connectivity index (χ4n) is 2.60. The molecule has 1 amide bonds. The van der Waals surface area contributed by atoms with Gasteiger partial charge < -0.3 is 15.3 Å². The fraction of sp³-hybridized carbons (Fsp3) is 0.412. The Morgan fingerprint density at radius 1 is 1.48 bits per heavy atom. The zero-order chi connectivity index (χ0) is 16.4. The summed E-state index contributed by atoms with van der Waals surface area (Å²) in [6.45, 7) is 0.379. The number of aliphatic hydroxyl groups is 1. The summed E-state index contributed by atoms with van der Waals surface area (Å²) in [5, 5.41) is 17.3. The van der Waals surface area contributed by atoms with Crippen LogP contribution in [0.25, 0.3) is 0 Å². The van der Waals surface area contributed by atoms with E-state index in [0.717, 1.165) is 24.2 Å². The van der Waals surface area contributed by atoms with E-state index in [-0.39, 0.29) is 5.91 Å². The number of anilines is 2. The number of hydrogen-bond acceptors (Lipinski definition) is 4. The van der Waals surface area contributed by atoms with E-state index in [1.165, 1.54) is 0 Å². The molecule has 1 aliphatic carbocycles. The molecular weight excluding hydrogens is 292 g/mol. The molecule has 2 N–H and O–H groups in total. The minimum atomic E-state index is -0.416. The van der Waals surface area contributed by atoms with Crippen molar-refractivity contribution in [1.82, 2.24) is 14.7 Å². The molecule has 1 aromatic heterocycles. The van der Waals surface area contributed by atoms with Crippen LogP contribution < -0.4 is 5.32 Å². The molecule has 3 rings (SSSR count). The van der Waals surface area contributed by atoms with Gasteiger partial charge in [0.25, 0.3) is 5.91 Å². The van der Waals surface area contributed by atoms with Crippen molar-refractivity contribution in [1.29, 1.82) is 0 Å². The van der Waals surface area contributed by atoms with Crippen LogP contribution in [0.3, 0.4) is 0 Å². The summed E-state index contributed by atoms with van der Waals surface area (Å²) in [5.41, 5.74) is 2.30. The third kappa shape index (κ3) is 3.90. The van der Waals surface area contributed by atoms with Crippen molar-refractivity contribution in [3.8, 4) is 0 Å². The lowest BCUT2D eigenvalue weighted by molar-refractivity contribution is 0.0645. The molecule has 1 saturated carbocycles. The fourth-order valence-corrected chi connectivity index (χ4v) is 2.60. The van der Waals surface area contributed by atoms with Crippen molar-refractivity contribution in [3.05, 3.63) is 42.2 Å². The summed E-state index contributed by atoms with van der Waals surface area (Å²) in [6.07, 6.45) is 5.31. The summed E-state index contributed by atoms with van der Waals surface area (Å²) in [7, 11) is 3.58. The first kappa shape index (κ1) is 15.6. The minimum absolute atomic E-state index is 0.0838. The zero-order valence-corrected chi connectivity index (χ0v) is 13.4. The highest BCUT2D eigenvalue weighted by atomic mass is 16.3. The minimum Gasteiger partial charge on any atom is -0.391 e. The predicted molar refractivity (Wildman–Crippen MR) is 88.6 cm³/mol. The lowest BCUT2D eigenvalue weighted by atomic mass is 10.1. The van der Waals surface area contributed by atoms with Crippen LogP contribution in [-0.2, 0) is 7.05 Å². The van der Waals surface area contributed by atoms with Gasteiger partial charge in [0.1, 0.15) is 0 Å². The Morgan fingerprint density at radius 2 is 2.26 bits per heavy atom. The number of rotatable bonds is 6. The van der Waals surface area contributed by atoms with E-state index in [0.29, 0.717) is 18.0 Å². The second-order valence-corrected chi connectivity index (χ2v) is 6.20. The third-order valence-corrected chi connectivity index (χ3v) is 4.08. The zero-order valence-electron chi connectivity index (χ0n) is 13.4. The number of carbonyl (C=O) groups is 1. The van der Waals surface area contributed by atoms with E-state index in [1.54, 1.807) is 28.9 Å². The number of benzene rings is 1. The molecule has 0 bridgehead atoms. The Hall–Kier alpha value is -2.34. The largest absolute Gasteiger partial charge is 0.391 e. The molecule has 6 heteroatoms. The SMILES string of the molecule is CN(CC(O)C1CC1)C(=O)c1cccc(Nc2cnn(C)c2)c1. The number of amides is 1. The number of aromatic nitrogens is 2. The molecule has 1 fully saturated rings.